The van der Waals surface area contributed by atoms with Crippen LogP contribution in [0.15, 0.2) is 22.2 Å². The fraction of sp³-hybridized carbons (Fsp3) is 0.214. The average Bonchev–Trinajstić information content (AvgIpc) is 2.45. The number of carbonyl (C=O) groups is 2. The minimum Gasteiger partial charge on any atom is -0.493 e. The van der Waals surface area contributed by atoms with Gasteiger partial charge in [-0.05, 0) is 39.7 Å². The molecule has 0 bridgehead atoms. The van der Waals surface area contributed by atoms with Gasteiger partial charge in [0.25, 0.3) is 0 Å². The van der Waals surface area contributed by atoms with Gasteiger partial charge in [-0.1, -0.05) is 0 Å². The Kier molecular flexibility index (Phi) is 5.93. The highest BCUT2D eigenvalue weighted by molar-refractivity contribution is 9.10. The third kappa shape index (κ3) is 4.33. The lowest BCUT2D eigenvalue weighted by Crippen LogP contribution is -2.04. The highest BCUT2D eigenvalue weighted by atomic mass is 79.9. The fourth-order valence-corrected chi connectivity index (χ4v) is 2.02. The van der Waals surface area contributed by atoms with Crippen LogP contribution in [0.2, 0.25) is 0 Å². The van der Waals surface area contributed by atoms with Crippen molar-refractivity contribution in [1.29, 1.82) is 5.26 Å². The molecule has 0 saturated carbocycles. The lowest BCUT2D eigenvalue weighted by atomic mass is 10.1. The highest BCUT2D eigenvalue weighted by Crippen LogP contribution is 2.37. The molecule has 0 aliphatic rings. The second kappa shape index (κ2) is 7.45. The van der Waals surface area contributed by atoms with E-state index in [1.165, 1.54) is 33.3 Å². The molecule has 0 radical (unpaired) electrons. The van der Waals surface area contributed by atoms with E-state index in [0.29, 0.717) is 10.0 Å². The van der Waals surface area contributed by atoms with Crippen LogP contribution in [0.25, 0.3) is 6.08 Å². The summed E-state index contributed by atoms with van der Waals surface area (Å²) >= 11 is 3.25. The minimum absolute atomic E-state index is 0.160. The third-order valence-electron chi connectivity index (χ3n) is 2.33. The van der Waals surface area contributed by atoms with Crippen LogP contribution in [0, 0.1) is 11.3 Å². The van der Waals surface area contributed by atoms with Crippen LogP contribution in [-0.2, 0) is 14.3 Å². The first kappa shape index (κ1) is 16.7. The van der Waals surface area contributed by atoms with Crippen molar-refractivity contribution in [3.05, 3.63) is 27.7 Å². The highest BCUT2D eigenvalue weighted by Gasteiger charge is 2.15. The van der Waals surface area contributed by atoms with Gasteiger partial charge >= 0.3 is 11.9 Å². The molecule has 0 aromatic heterocycles. The first-order chi connectivity index (χ1) is 9.92. The van der Waals surface area contributed by atoms with Gasteiger partial charge in [-0.15, -0.1) is 0 Å². The van der Waals surface area contributed by atoms with Crippen LogP contribution in [0.4, 0.5) is 0 Å². The molecule has 0 amide bonds. The normalized spacial score (nSPS) is 10.5. The number of hydrogen-bond donors (Lipinski definition) is 0. The van der Waals surface area contributed by atoms with Crippen molar-refractivity contribution in [3.63, 3.8) is 0 Å². The predicted molar refractivity (Wildman–Crippen MR) is 77.6 cm³/mol. The molecule has 0 heterocycles. The zero-order valence-corrected chi connectivity index (χ0v) is 13.2. The maximum absolute atomic E-state index is 11.4. The Morgan fingerprint density at radius 3 is 2.48 bits per heavy atom. The molecule has 0 aliphatic carbocycles. The van der Waals surface area contributed by atoms with E-state index in [4.69, 9.17) is 14.7 Å². The lowest BCUT2D eigenvalue weighted by molar-refractivity contribution is -0.135. The molecule has 0 unspecified atom stereocenters. The quantitative estimate of drug-likeness (QED) is 0.357. The Balaban J connectivity index is 3.32. The van der Waals surface area contributed by atoms with Gasteiger partial charge in [0.1, 0.15) is 11.6 Å². The summed E-state index contributed by atoms with van der Waals surface area (Å²) in [6, 6.07) is 4.87. The predicted octanol–water partition coefficient (Wildman–Crippen LogP) is 2.46. The third-order valence-corrected chi connectivity index (χ3v) is 2.92. The van der Waals surface area contributed by atoms with Gasteiger partial charge < -0.3 is 14.2 Å². The van der Waals surface area contributed by atoms with E-state index >= 15 is 0 Å². The topological polar surface area (TPSA) is 85.6 Å². The van der Waals surface area contributed by atoms with Crippen LogP contribution in [0.1, 0.15) is 12.5 Å². The molecule has 0 spiro atoms. The standard InChI is InChI=1S/C14H12BrNO5/c1-8(17)21-13-11(15)5-9(6-12(13)19-2)4-10(7-16)14(18)20-3/h4-6H,1-3H3/b10-4+. The number of ether oxygens (including phenoxy) is 3. The molecule has 0 N–H and O–H groups in total. The molecule has 1 aromatic rings. The Labute approximate surface area is 130 Å². The maximum atomic E-state index is 11.4. The molecule has 0 atom stereocenters. The van der Waals surface area contributed by atoms with Gasteiger partial charge in [-0.3, -0.25) is 4.79 Å². The van der Waals surface area contributed by atoms with Crippen LogP contribution in [-0.4, -0.2) is 26.2 Å². The van der Waals surface area contributed by atoms with Gasteiger partial charge in [0, 0.05) is 6.92 Å². The number of hydrogen-bond acceptors (Lipinski definition) is 6. The monoisotopic (exact) mass is 353 g/mol. The van der Waals surface area contributed by atoms with Crippen molar-refractivity contribution >= 4 is 33.9 Å². The largest absolute Gasteiger partial charge is 0.493 e. The summed E-state index contributed by atoms with van der Waals surface area (Å²) in [7, 11) is 2.60. The number of esters is 2. The summed E-state index contributed by atoms with van der Waals surface area (Å²) in [6.45, 7) is 1.27. The van der Waals surface area contributed by atoms with Crippen molar-refractivity contribution in [2.45, 2.75) is 6.92 Å². The van der Waals surface area contributed by atoms with Crippen LogP contribution < -0.4 is 9.47 Å². The maximum Gasteiger partial charge on any atom is 0.348 e. The summed E-state index contributed by atoms with van der Waals surface area (Å²) in [5, 5.41) is 8.93. The fourth-order valence-electron chi connectivity index (χ4n) is 1.48. The van der Waals surface area contributed by atoms with Crippen molar-refractivity contribution in [2.24, 2.45) is 0 Å². The molecule has 0 saturated heterocycles. The number of carbonyl (C=O) groups excluding carboxylic acids is 2. The summed E-state index contributed by atoms with van der Waals surface area (Å²) in [5.74, 6) is -0.729. The molecule has 0 aliphatic heterocycles. The van der Waals surface area contributed by atoms with Crippen molar-refractivity contribution in [1.82, 2.24) is 0 Å². The smallest absolute Gasteiger partial charge is 0.348 e. The zero-order chi connectivity index (χ0) is 16.0. The number of nitriles is 1. The first-order valence-electron chi connectivity index (χ1n) is 5.69. The SMILES string of the molecule is COC(=O)/C(C#N)=C/c1cc(Br)c(OC(C)=O)c(OC)c1. The van der Waals surface area contributed by atoms with E-state index in [9.17, 15) is 9.59 Å². The van der Waals surface area contributed by atoms with E-state index < -0.39 is 11.9 Å². The minimum atomic E-state index is -0.739. The van der Waals surface area contributed by atoms with Gasteiger partial charge in [0.15, 0.2) is 11.5 Å². The number of methoxy groups -OCH3 is 2. The summed E-state index contributed by atoms with van der Waals surface area (Å²) in [5.41, 5.74) is 0.350. The Bertz CT molecular complexity index is 645. The first-order valence-corrected chi connectivity index (χ1v) is 6.48. The second-order valence-electron chi connectivity index (χ2n) is 3.79. The molecule has 110 valence electrons. The molecule has 6 nitrogen and oxygen atoms in total. The summed E-state index contributed by atoms with van der Waals surface area (Å²) in [4.78, 5) is 22.4. The zero-order valence-electron chi connectivity index (χ0n) is 11.6. The van der Waals surface area contributed by atoms with Gasteiger partial charge in [-0.2, -0.15) is 5.26 Å². The van der Waals surface area contributed by atoms with Gasteiger partial charge in [0.2, 0.25) is 0 Å². The van der Waals surface area contributed by atoms with Crippen LogP contribution in [0.3, 0.4) is 0 Å². The molecule has 21 heavy (non-hydrogen) atoms. The summed E-state index contributed by atoms with van der Waals surface area (Å²) in [6.07, 6.45) is 1.34. The van der Waals surface area contributed by atoms with E-state index in [-0.39, 0.29) is 17.1 Å². The van der Waals surface area contributed by atoms with E-state index in [1.807, 2.05) is 0 Å². The van der Waals surface area contributed by atoms with Crippen molar-refractivity contribution in [3.8, 4) is 17.6 Å². The molecule has 1 aromatic carbocycles. The van der Waals surface area contributed by atoms with Crippen molar-refractivity contribution < 1.29 is 23.8 Å². The van der Waals surface area contributed by atoms with Crippen LogP contribution >= 0.6 is 15.9 Å². The number of rotatable bonds is 4. The van der Waals surface area contributed by atoms with E-state index in [1.54, 1.807) is 12.1 Å². The summed E-state index contributed by atoms with van der Waals surface area (Å²) < 4.78 is 15.1. The number of halogens is 1. The molecular weight excluding hydrogens is 342 g/mol. The molecule has 0 fully saturated rings. The Morgan fingerprint density at radius 2 is 2.00 bits per heavy atom. The van der Waals surface area contributed by atoms with Crippen LogP contribution in [0.5, 0.6) is 11.5 Å². The number of benzene rings is 1. The molecule has 1 rings (SSSR count). The Hall–Kier alpha value is -2.33. The van der Waals surface area contributed by atoms with Gasteiger partial charge in [0.05, 0.1) is 18.7 Å². The van der Waals surface area contributed by atoms with Gasteiger partial charge in [-0.25, -0.2) is 4.79 Å². The van der Waals surface area contributed by atoms with E-state index in [0.717, 1.165) is 0 Å². The number of nitrogens with zero attached hydrogens (tertiary/aromatic N) is 1. The Morgan fingerprint density at radius 1 is 1.33 bits per heavy atom. The molecular formula is C14H12BrNO5. The van der Waals surface area contributed by atoms with E-state index in [2.05, 4.69) is 20.7 Å². The molecule has 7 heteroatoms. The lowest BCUT2D eigenvalue weighted by Gasteiger charge is -2.11. The van der Waals surface area contributed by atoms with Crippen molar-refractivity contribution in [2.75, 3.05) is 14.2 Å². The second-order valence-corrected chi connectivity index (χ2v) is 4.64. The average molecular weight is 354 g/mol.